The van der Waals surface area contributed by atoms with E-state index in [2.05, 4.69) is 38.2 Å². The highest BCUT2D eigenvalue weighted by molar-refractivity contribution is 5.87. The molecule has 0 radical (unpaired) electrons. The quantitative estimate of drug-likeness (QED) is 0.686. The topological polar surface area (TPSA) is 37.3 Å². The van der Waals surface area contributed by atoms with Gasteiger partial charge in [0.2, 0.25) is 0 Å². The average molecular weight is 351 g/mol. The second-order valence-electron chi connectivity index (χ2n) is 8.16. The molecule has 3 atom stereocenters. The zero-order valence-corrected chi connectivity index (χ0v) is 15.9. The summed E-state index contributed by atoms with van der Waals surface area (Å²) >= 11 is 0. The highest BCUT2D eigenvalue weighted by Crippen LogP contribution is 2.37. The number of carboxylic acid groups (broad SMARTS) is 1. The SMILES string of the molecule is CC(C/C1=C2\C=CC=CC2CC(C)CCC1)Cc1cccc(C(=O)O)c1. The van der Waals surface area contributed by atoms with Crippen molar-refractivity contribution in [1.82, 2.24) is 0 Å². The van der Waals surface area contributed by atoms with E-state index >= 15 is 0 Å². The van der Waals surface area contributed by atoms with Gasteiger partial charge in [-0.2, -0.15) is 0 Å². The Morgan fingerprint density at radius 2 is 2.12 bits per heavy atom. The van der Waals surface area contributed by atoms with Gasteiger partial charge in [0.25, 0.3) is 0 Å². The van der Waals surface area contributed by atoms with Crippen LogP contribution in [0.4, 0.5) is 0 Å². The molecule has 0 amide bonds. The van der Waals surface area contributed by atoms with Crippen molar-refractivity contribution in [2.24, 2.45) is 17.8 Å². The van der Waals surface area contributed by atoms with Gasteiger partial charge < -0.3 is 5.11 Å². The molecule has 2 aliphatic rings. The Morgan fingerprint density at radius 3 is 2.92 bits per heavy atom. The molecule has 0 saturated carbocycles. The smallest absolute Gasteiger partial charge is 0.335 e. The number of aromatic carboxylic acids is 1. The maximum absolute atomic E-state index is 11.2. The molecule has 138 valence electrons. The van der Waals surface area contributed by atoms with Gasteiger partial charge in [-0.1, -0.05) is 62.3 Å². The van der Waals surface area contributed by atoms with Crippen LogP contribution < -0.4 is 0 Å². The Hall–Kier alpha value is -2.09. The van der Waals surface area contributed by atoms with Crippen LogP contribution in [0.5, 0.6) is 0 Å². The minimum absolute atomic E-state index is 0.386. The number of hydrogen-bond acceptors (Lipinski definition) is 1. The molecule has 0 saturated heterocycles. The molecule has 0 spiro atoms. The van der Waals surface area contributed by atoms with E-state index in [1.54, 1.807) is 17.2 Å². The van der Waals surface area contributed by atoms with E-state index in [1.165, 1.54) is 25.7 Å². The average Bonchev–Trinajstić information content (AvgIpc) is 2.60. The summed E-state index contributed by atoms with van der Waals surface area (Å²) in [5, 5.41) is 9.19. The van der Waals surface area contributed by atoms with E-state index < -0.39 is 5.97 Å². The minimum Gasteiger partial charge on any atom is -0.478 e. The first-order valence-electron chi connectivity index (χ1n) is 9.92. The summed E-state index contributed by atoms with van der Waals surface area (Å²) in [6, 6.07) is 7.39. The Bertz CT molecular complexity index is 738. The van der Waals surface area contributed by atoms with Crippen LogP contribution >= 0.6 is 0 Å². The molecule has 0 fully saturated rings. The summed E-state index contributed by atoms with van der Waals surface area (Å²) in [6.45, 7) is 4.67. The summed E-state index contributed by atoms with van der Waals surface area (Å²) in [5.74, 6) is 1.04. The molecular weight excluding hydrogens is 320 g/mol. The molecule has 0 bridgehead atoms. The van der Waals surface area contributed by atoms with E-state index in [0.717, 1.165) is 24.3 Å². The molecule has 26 heavy (non-hydrogen) atoms. The zero-order chi connectivity index (χ0) is 18.5. The largest absolute Gasteiger partial charge is 0.478 e. The van der Waals surface area contributed by atoms with Crippen molar-refractivity contribution >= 4 is 5.97 Å². The van der Waals surface area contributed by atoms with Crippen molar-refractivity contribution in [3.63, 3.8) is 0 Å². The fourth-order valence-corrected chi connectivity index (χ4v) is 4.48. The van der Waals surface area contributed by atoms with Crippen LogP contribution in [-0.2, 0) is 6.42 Å². The van der Waals surface area contributed by atoms with E-state index in [9.17, 15) is 9.90 Å². The Labute approximate surface area is 157 Å². The third-order valence-corrected chi connectivity index (χ3v) is 5.72. The Kier molecular flexibility index (Phi) is 6.13. The molecule has 1 aromatic rings. The predicted octanol–water partition coefficient (Wildman–Crippen LogP) is 6.20. The van der Waals surface area contributed by atoms with Gasteiger partial charge in [0, 0.05) is 5.92 Å². The molecule has 2 nitrogen and oxygen atoms in total. The van der Waals surface area contributed by atoms with Crippen LogP contribution in [0.2, 0.25) is 0 Å². The van der Waals surface area contributed by atoms with Crippen molar-refractivity contribution in [2.75, 3.05) is 0 Å². The van der Waals surface area contributed by atoms with Gasteiger partial charge in [-0.15, -0.1) is 0 Å². The highest BCUT2D eigenvalue weighted by atomic mass is 16.4. The van der Waals surface area contributed by atoms with Crippen LogP contribution in [0.1, 0.15) is 61.9 Å². The van der Waals surface area contributed by atoms with Crippen LogP contribution in [0.15, 0.2) is 59.7 Å². The molecule has 1 N–H and O–H groups in total. The predicted molar refractivity (Wildman–Crippen MR) is 107 cm³/mol. The zero-order valence-electron chi connectivity index (χ0n) is 15.9. The van der Waals surface area contributed by atoms with Gasteiger partial charge in [0.1, 0.15) is 0 Å². The molecule has 2 aliphatic carbocycles. The Morgan fingerprint density at radius 1 is 1.27 bits per heavy atom. The van der Waals surface area contributed by atoms with Crippen LogP contribution in [-0.4, -0.2) is 11.1 Å². The van der Waals surface area contributed by atoms with Gasteiger partial charge in [-0.3, -0.25) is 0 Å². The number of allylic oxidation sites excluding steroid dienone is 6. The summed E-state index contributed by atoms with van der Waals surface area (Å²) in [4.78, 5) is 11.2. The van der Waals surface area contributed by atoms with Crippen molar-refractivity contribution in [2.45, 2.75) is 52.4 Å². The van der Waals surface area contributed by atoms with Crippen molar-refractivity contribution in [1.29, 1.82) is 0 Å². The molecule has 2 heteroatoms. The number of rotatable bonds is 5. The van der Waals surface area contributed by atoms with E-state index in [1.807, 2.05) is 18.2 Å². The lowest BCUT2D eigenvalue weighted by molar-refractivity contribution is 0.0696. The first kappa shape index (κ1) is 18.7. The van der Waals surface area contributed by atoms with Crippen molar-refractivity contribution < 1.29 is 9.90 Å². The third kappa shape index (κ3) is 4.75. The van der Waals surface area contributed by atoms with Gasteiger partial charge in [-0.05, 0) is 67.2 Å². The first-order chi connectivity index (χ1) is 12.5. The summed E-state index contributed by atoms with van der Waals surface area (Å²) < 4.78 is 0. The lowest BCUT2D eigenvalue weighted by atomic mass is 9.77. The van der Waals surface area contributed by atoms with Crippen molar-refractivity contribution in [3.8, 4) is 0 Å². The molecule has 0 aliphatic heterocycles. The number of fused-ring (bicyclic) bond motifs is 1. The molecule has 1 aromatic carbocycles. The third-order valence-electron chi connectivity index (χ3n) is 5.72. The van der Waals surface area contributed by atoms with Gasteiger partial charge >= 0.3 is 5.97 Å². The summed E-state index contributed by atoms with van der Waals surface area (Å²) in [5.41, 5.74) is 4.67. The van der Waals surface area contributed by atoms with Gasteiger partial charge in [0.05, 0.1) is 5.56 Å². The number of carboxylic acids is 1. The maximum Gasteiger partial charge on any atom is 0.335 e. The molecular formula is C24H30O2. The Balaban J connectivity index is 1.74. The number of benzene rings is 1. The fraction of sp³-hybridized carbons (Fsp3) is 0.458. The second kappa shape index (κ2) is 8.53. The van der Waals surface area contributed by atoms with Crippen LogP contribution in [0.3, 0.4) is 0 Å². The normalized spacial score (nSPS) is 26.7. The van der Waals surface area contributed by atoms with Crippen molar-refractivity contribution in [3.05, 3.63) is 70.8 Å². The fourth-order valence-electron chi connectivity index (χ4n) is 4.48. The number of hydrogen-bond donors (Lipinski definition) is 1. The van der Waals surface area contributed by atoms with Crippen LogP contribution in [0, 0.1) is 17.8 Å². The van der Waals surface area contributed by atoms with Gasteiger partial charge in [0.15, 0.2) is 0 Å². The van der Waals surface area contributed by atoms with E-state index in [4.69, 9.17) is 0 Å². The van der Waals surface area contributed by atoms with E-state index in [0.29, 0.717) is 17.4 Å². The summed E-state index contributed by atoms with van der Waals surface area (Å²) in [6.07, 6.45) is 16.2. The molecule has 3 unspecified atom stereocenters. The first-order valence-corrected chi connectivity index (χ1v) is 9.92. The maximum atomic E-state index is 11.2. The monoisotopic (exact) mass is 350 g/mol. The molecule has 0 heterocycles. The number of carbonyl (C=O) groups is 1. The lowest BCUT2D eigenvalue weighted by Crippen LogP contribution is -2.14. The minimum atomic E-state index is -0.847. The van der Waals surface area contributed by atoms with Gasteiger partial charge in [-0.25, -0.2) is 4.79 Å². The lowest BCUT2D eigenvalue weighted by Gasteiger charge is -2.28. The second-order valence-corrected chi connectivity index (χ2v) is 8.16. The molecule has 3 rings (SSSR count). The van der Waals surface area contributed by atoms with Crippen LogP contribution in [0.25, 0.3) is 0 Å². The van der Waals surface area contributed by atoms with E-state index in [-0.39, 0.29) is 0 Å². The summed E-state index contributed by atoms with van der Waals surface area (Å²) in [7, 11) is 0. The molecule has 0 aromatic heterocycles. The standard InChI is InChI=1S/C24H30O2/c1-17-7-5-10-21(23-12-4-3-9-20(23)14-17)15-18(2)13-19-8-6-11-22(16-19)24(25)26/h3-4,6,8-9,11-12,16-18,20H,5,7,10,13-15H2,1-2H3,(H,25,26)/b23-21+. The highest BCUT2D eigenvalue weighted by Gasteiger charge is 2.22.